The minimum absolute atomic E-state index is 0.113. The maximum absolute atomic E-state index is 12.5. The van der Waals surface area contributed by atoms with Crippen molar-refractivity contribution in [3.8, 4) is 17.1 Å². The van der Waals surface area contributed by atoms with Gasteiger partial charge in [-0.1, -0.05) is 36.4 Å². The van der Waals surface area contributed by atoms with Crippen LogP contribution in [0.15, 0.2) is 82.4 Å². The molecule has 2 heterocycles. The molecule has 5 heteroatoms. The molecule has 0 fully saturated rings. The molecule has 0 aliphatic carbocycles. The SMILES string of the molecule is O=C1Nc2cc(-c3ccco3)ccc2C1C=Nc1ccc(O)c2ccccc12. The first kappa shape index (κ1) is 16.3. The first-order valence-corrected chi connectivity index (χ1v) is 8.94. The van der Waals surface area contributed by atoms with E-state index in [0.717, 1.165) is 33.3 Å². The van der Waals surface area contributed by atoms with Gasteiger partial charge in [0.25, 0.3) is 0 Å². The van der Waals surface area contributed by atoms with Gasteiger partial charge in [-0.15, -0.1) is 0 Å². The van der Waals surface area contributed by atoms with Crippen molar-refractivity contribution >= 4 is 34.3 Å². The highest BCUT2D eigenvalue weighted by Crippen LogP contribution is 2.37. The van der Waals surface area contributed by atoms with Crippen LogP contribution in [0.25, 0.3) is 22.1 Å². The minimum atomic E-state index is -0.465. The summed E-state index contributed by atoms with van der Waals surface area (Å²) in [6.45, 7) is 0. The predicted octanol–water partition coefficient (Wildman–Crippen LogP) is 5.24. The summed E-state index contributed by atoms with van der Waals surface area (Å²) in [5, 5.41) is 14.5. The molecule has 5 rings (SSSR count). The van der Waals surface area contributed by atoms with Crippen molar-refractivity contribution in [2.75, 3.05) is 5.32 Å². The number of aromatic hydroxyl groups is 1. The third-order valence-electron chi connectivity index (χ3n) is 4.98. The van der Waals surface area contributed by atoms with Gasteiger partial charge in [0, 0.05) is 28.2 Å². The van der Waals surface area contributed by atoms with E-state index >= 15 is 0 Å². The predicted molar refractivity (Wildman–Crippen MR) is 109 cm³/mol. The van der Waals surface area contributed by atoms with Gasteiger partial charge in [-0.3, -0.25) is 9.79 Å². The summed E-state index contributed by atoms with van der Waals surface area (Å²) >= 11 is 0. The zero-order valence-electron chi connectivity index (χ0n) is 14.8. The molecule has 136 valence electrons. The molecular formula is C23H16N2O3. The maximum atomic E-state index is 12.5. The molecule has 1 atom stereocenters. The number of fused-ring (bicyclic) bond motifs is 2. The number of carbonyl (C=O) groups is 1. The Balaban J connectivity index is 1.51. The van der Waals surface area contributed by atoms with Crippen LogP contribution < -0.4 is 5.32 Å². The molecule has 28 heavy (non-hydrogen) atoms. The molecule has 5 nitrogen and oxygen atoms in total. The monoisotopic (exact) mass is 368 g/mol. The van der Waals surface area contributed by atoms with Gasteiger partial charge in [0.05, 0.1) is 12.0 Å². The van der Waals surface area contributed by atoms with Crippen LogP contribution >= 0.6 is 0 Å². The van der Waals surface area contributed by atoms with Gasteiger partial charge in [-0.25, -0.2) is 0 Å². The van der Waals surface area contributed by atoms with Crippen molar-refractivity contribution in [2.24, 2.45) is 4.99 Å². The van der Waals surface area contributed by atoms with Gasteiger partial charge < -0.3 is 14.8 Å². The van der Waals surface area contributed by atoms with Crippen LogP contribution in [-0.2, 0) is 4.79 Å². The molecule has 1 aliphatic heterocycles. The molecule has 0 saturated carbocycles. The number of nitrogens with zero attached hydrogens (tertiary/aromatic N) is 1. The molecule has 1 aliphatic rings. The fraction of sp³-hybridized carbons (Fsp3) is 0.0435. The quantitative estimate of drug-likeness (QED) is 0.485. The van der Waals surface area contributed by atoms with Gasteiger partial charge in [0.2, 0.25) is 5.91 Å². The van der Waals surface area contributed by atoms with E-state index in [1.54, 1.807) is 24.6 Å². The van der Waals surface area contributed by atoms with E-state index in [-0.39, 0.29) is 11.7 Å². The zero-order valence-corrected chi connectivity index (χ0v) is 14.8. The van der Waals surface area contributed by atoms with E-state index in [4.69, 9.17) is 4.42 Å². The molecular weight excluding hydrogens is 352 g/mol. The Kier molecular flexibility index (Phi) is 3.72. The molecule has 4 aromatic rings. The minimum Gasteiger partial charge on any atom is -0.507 e. The number of anilines is 1. The normalized spacial score (nSPS) is 15.9. The van der Waals surface area contributed by atoms with Crippen LogP contribution in [0.2, 0.25) is 0 Å². The third-order valence-corrected chi connectivity index (χ3v) is 4.98. The van der Waals surface area contributed by atoms with Gasteiger partial charge >= 0.3 is 0 Å². The number of benzene rings is 3. The van der Waals surface area contributed by atoms with Crippen LogP contribution in [-0.4, -0.2) is 17.2 Å². The number of hydrogen-bond donors (Lipinski definition) is 2. The molecule has 1 amide bonds. The number of hydrogen-bond acceptors (Lipinski definition) is 4. The summed E-state index contributed by atoms with van der Waals surface area (Å²) in [4.78, 5) is 17.1. The van der Waals surface area contributed by atoms with Gasteiger partial charge in [0.15, 0.2) is 0 Å². The number of phenolic OH excluding ortho intramolecular Hbond substituents is 1. The number of nitrogens with one attached hydrogen (secondary N) is 1. The van der Waals surface area contributed by atoms with Crippen LogP contribution in [0.3, 0.4) is 0 Å². The lowest BCUT2D eigenvalue weighted by Gasteiger charge is -2.06. The van der Waals surface area contributed by atoms with E-state index in [0.29, 0.717) is 5.69 Å². The number of furan rings is 1. The lowest BCUT2D eigenvalue weighted by Crippen LogP contribution is -2.12. The summed E-state index contributed by atoms with van der Waals surface area (Å²) in [5.41, 5.74) is 3.27. The first-order chi connectivity index (χ1) is 13.7. The standard InChI is InChI=1S/C23H16N2O3/c26-21-10-9-19(15-4-1-2-5-17(15)21)24-13-18-16-8-7-14(22-6-3-11-28-22)12-20(16)25-23(18)27/h1-13,18,26H,(H,25,27). The molecule has 3 aromatic carbocycles. The summed E-state index contributed by atoms with van der Waals surface area (Å²) in [6, 6.07) is 20.4. The highest BCUT2D eigenvalue weighted by atomic mass is 16.3. The second-order valence-electron chi connectivity index (χ2n) is 6.67. The van der Waals surface area contributed by atoms with Crippen molar-refractivity contribution < 1.29 is 14.3 Å². The lowest BCUT2D eigenvalue weighted by molar-refractivity contribution is -0.115. The van der Waals surface area contributed by atoms with E-state index < -0.39 is 5.92 Å². The summed E-state index contributed by atoms with van der Waals surface area (Å²) in [7, 11) is 0. The Hall–Kier alpha value is -3.86. The van der Waals surface area contributed by atoms with Crippen molar-refractivity contribution in [1.29, 1.82) is 0 Å². The second-order valence-corrected chi connectivity index (χ2v) is 6.67. The average molecular weight is 368 g/mol. The van der Waals surface area contributed by atoms with E-state index in [1.807, 2.05) is 54.6 Å². The van der Waals surface area contributed by atoms with Crippen LogP contribution in [0.4, 0.5) is 11.4 Å². The van der Waals surface area contributed by atoms with Crippen molar-refractivity contribution in [3.05, 3.63) is 78.6 Å². The van der Waals surface area contributed by atoms with E-state index in [1.165, 1.54) is 0 Å². The topological polar surface area (TPSA) is 74.8 Å². The van der Waals surface area contributed by atoms with Crippen molar-refractivity contribution in [3.63, 3.8) is 0 Å². The highest BCUT2D eigenvalue weighted by Gasteiger charge is 2.29. The number of rotatable bonds is 3. The number of aliphatic imine (C=N–C) groups is 1. The summed E-state index contributed by atoms with van der Waals surface area (Å²) < 4.78 is 5.43. The van der Waals surface area contributed by atoms with Crippen LogP contribution in [0, 0.1) is 0 Å². The van der Waals surface area contributed by atoms with Crippen LogP contribution in [0.5, 0.6) is 5.75 Å². The summed E-state index contributed by atoms with van der Waals surface area (Å²) in [6.07, 6.45) is 3.28. The Bertz CT molecular complexity index is 1230. The molecule has 0 bridgehead atoms. The molecule has 0 saturated heterocycles. The number of amides is 1. The number of phenols is 1. The Morgan fingerprint density at radius 2 is 1.86 bits per heavy atom. The fourth-order valence-corrected chi connectivity index (χ4v) is 3.57. The fourth-order valence-electron chi connectivity index (χ4n) is 3.57. The molecule has 1 aromatic heterocycles. The average Bonchev–Trinajstić information content (AvgIpc) is 3.35. The van der Waals surface area contributed by atoms with Crippen molar-refractivity contribution in [1.82, 2.24) is 0 Å². The molecule has 0 radical (unpaired) electrons. The summed E-state index contributed by atoms with van der Waals surface area (Å²) in [5.74, 6) is 0.389. The van der Waals surface area contributed by atoms with Crippen LogP contribution in [0.1, 0.15) is 11.5 Å². The zero-order chi connectivity index (χ0) is 19.1. The third kappa shape index (κ3) is 2.65. The smallest absolute Gasteiger partial charge is 0.237 e. The van der Waals surface area contributed by atoms with E-state index in [2.05, 4.69) is 10.3 Å². The number of carbonyl (C=O) groups excluding carboxylic acids is 1. The van der Waals surface area contributed by atoms with Gasteiger partial charge in [0.1, 0.15) is 17.4 Å². The molecule has 0 spiro atoms. The first-order valence-electron chi connectivity index (χ1n) is 8.94. The lowest BCUT2D eigenvalue weighted by atomic mass is 9.99. The largest absolute Gasteiger partial charge is 0.507 e. The van der Waals surface area contributed by atoms with Gasteiger partial charge in [-0.05, 0) is 35.9 Å². The Labute approximate surface area is 161 Å². The Morgan fingerprint density at radius 1 is 1.00 bits per heavy atom. The second kappa shape index (κ2) is 6.39. The van der Waals surface area contributed by atoms with Crippen molar-refractivity contribution in [2.45, 2.75) is 5.92 Å². The van der Waals surface area contributed by atoms with E-state index in [9.17, 15) is 9.90 Å². The molecule has 1 unspecified atom stereocenters. The maximum Gasteiger partial charge on any atom is 0.237 e. The highest BCUT2D eigenvalue weighted by molar-refractivity contribution is 6.13. The molecule has 2 N–H and O–H groups in total. The van der Waals surface area contributed by atoms with Gasteiger partial charge in [-0.2, -0.15) is 0 Å². The Morgan fingerprint density at radius 3 is 2.68 bits per heavy atom.